The molecule has 2 amide bonds. The molecule has 1 aromatic carbocycles. The number of piperidine rings is 1. The van der Waals surface area contributed by atoms with Gasteiger partial charge in [0.2, 0.25) is 11.9 Å². The molecule has 1 aliphatic carbocycles. The van der Waals surface area contributed by atoms with Crippen LogP contribution in [0, 0.1) is 5.92 Å². The van der Waals surface area contributed by atoms with Crippen LogP contribution in [0.2, 0.25) is 0 Å². The number of carbonyl (C=O) groups is 2. The summed E-state index contributed by atoms with van der Waals surface area (Å²) in [5.74, 6) is 2.30. The van der Waals surface area contributed by atoms with Crippen LogP contribution in [0.5, 0.6) is 5.75 Å². The minimum Gasteiger partial charge on any atom is -0.495 e. The van der Waals surface area contributed by atoms with Gasteiger partial charge in [-0.05, 0) is 69.8 Å². The molecule has 198 valence electrons. The first-order valence-corrected chi connectivity index (χ1v) is 13.2. The van der Waals surface area contributed by atoms with E-state index >= 15 is 0 Å². The van der Waals surface area contributed by atoms with Gasteiger partial charge < -0.3 is 30.1 Å². The Labute approximate surface area is 218 Å². The molecular weight excluding hydrogens is 470 g/mol. The average molecular weight is 508 g/mol. The number of benzene rings is 1. The summed E-state index contributed by atoms with van der Waals surface area (Å²) in [6.07, 6.45) is 6.54. The highest BCUT2D eigenvalue weighted by Crippen LogP contribution is 2.40. The van der Waals surface area contributed by atoms with Crippen molar-refractivity contribution in [3.8, 4) is 5.75 Å². The third kappa shape index (κ3) is 5.20. The van der Waals surface area contributed by atoms with E-state index in [-0.39, 0.29) is 17.9 Å². The quantitative estimate of drug-likeness (QED) is 0.590. The smallest absolute Gasteiger partial charge is 0.251 e. The van der Waals surface area contributed by atoms with Crippen LogP contribution in [-0.4, -0.2) is 74.7 Å². The summed E-state index contributed by atoms with van der Waals surface area (Å²) in [6.45, 7) is 4.73. The number of nitrogens with one attached hydrogen (secondary N) is 2. The molecule has 3 heterocycles. The molecule has 3 aliphatic rings. The number of amides is 2. The molecule has 0 radical (unpaired) electrons. The number of methoxy groups -OCH3 is 1. The van der Waals surface area contributed by atoms with E-state index in [1.807, 2.05) is 24.1 Å². The molecule has 10 nitrogen and oxygen atoms in total. The fraction of sp³-hybridized carbons (Fsp3) is 0.556. The standard InChI is InChI=1S/C27H37N7O3/c1-17(18-9-12-28-13-10-18)30-26(36)19-5-8-21(23(15-19)37-4)33(3)27-29-16-22-25(31-27)34(20-6-7-20)14-11-24(35)32(22)2/h5,8,15-18,20,28H,6-7,9-14H2,1-4H3,(H,30,36). The lowest BCUT2D eigenvalue weighted by Crippen LogP contribution is -2.42. The van der Waals surface area contributed by atoms with Crippen LogP contribution in [-0.2, 0) is 4.79 Å². The van der Waals surface area contributed by atoms with Crippen LogP contribution in [0.25, 0.3) is 0 Å². The molecule has 1 saturated carbocycles. The van der Waals surface area contributed by atoms with Crippen molar-refractivity contribution in [1.29, 1.82) is 0 Å². The molecular formula is C27H37N7O3. The van der Waals surface area contributed by atoms with Crippen LogP contribution >= 0.6 is 0 Å². The van der Waals surface area contributed by atoms with Gasteiger partial charge in [-0.3, -0.25) is 9.59 Å². The third-order valence-corrected chi connectivity index (χ3v) is 7.85. The monoisotopic (exact) mass is 507 g/mol. The number of hydrogen-bond donors (Lipinski definition) is 2. The van der Waals surface area contributed by atoms with Crippen molar-refractivity contribution in [1.82, 2.24) is 20.6 Å². The highest BCUT2D eigenvalue weighted by atomic mass is 16.5. The average Bonchev–Trinajstić information content (AvgIpc) is 3.78. The molecule has 2 aliphatic heterocycles. The third-order valence-electron chi connectivity index (χ3n) is 7.85. The van der Waals surface area contributed by atoms with Crippen molar-refractivity contribution < 1.29 is 14.3 Å². The van der Waals surface area contributed by atoms with Crippen LogP contribution in [0.15, 0.2) is 24.4 Å². The normalized spacial score (nSPS) is 19.2. The van der Waals surface area contributed by atoms with Gasteiger partial charge in [0.05, 0.1) is 19.0 Å². The van der Waals surface area contributed by atoms with Crippen molar-refractivity contribution in [3.63, 3.8) is 0 Å². The van der Waals surface area contributed by atoms with Gasteiger partial charge in [-0.25, -0.2) is 4.98 Å². The van der Waals surface area contributed by atoms with Gasteiger partial charge in [0.15, 0.2) is 5.82 Å². The fourth-order valence-corrected chi connectivity index (χ4v) is 5.29. The molecule has 37 heavy (non-hydrogen) atoms. The second-order valence-corrected chi connectivity index (χ2v) is 10.3. The van der Waals surface area contributed by atoms with Crippen molar-refractivity contribution in [2.75, 3.05) is 55.5 Å². The predicted octanol–water partition coefficient (Wildman–Crippen LogP) is 2.71. The van der Waals surface area contributed by atoms with Gasteiger partial charge in [-0.1, -0.05) is 0 Å². The van der Waals surface area contributed by atoms with E-state index in [0.717, 1.165) is 56.0 Å². The van der Waals surface area contributed by atoms with Gasteiger partial charge in [0, 0.05) is 44.7 Å². The lowest BCUT2D eigenvalue weighted by atomic mass is 9.91. The second-order valence-electron chi connectivity index (χ2n) is 10.3. The largest absolute Gasteiger partial charge is 0.495 e. The Morgan fingerprint density at radius 3 is 2.70 bits per heavy atom. The van der Waals surface area contributed by atoms with E-state index < -0.39 is 0 Å². The van der Waals surface area contributed by atoms with Crippen molar-refractivity contribution in [3.05, 3.63) is 30.0 Å². The zero-order chi connectivity index (χ0) is 26.1. The van der Waals surface area contributed by atoms with Gasteiger partial charge >= 0.3 is 0 Å². The number of anilines is 4. The molecule has 0 spiro atoms. The Balaban J connectivity index is 1.38. The lowest BCUT2D eigenvalue weighted by molar-refractivity contribution is -0.118. The number of ether oxygens (including phenoxy) is 1. The molecule has 1 unspecified atom stereocenters. The number of nitrogens with zero attached hydrogens (tertiary/aromatic N) is 5. The zero-order valence-electron chi connectivity index (χ0n) is 22.2. The Kier molecular flexibility index (Phi) is 7.19. The fourth-order valence-electron chi connectivity index (χ4n) is 5.29. The molecule has 1 aromatic heterocycles. The maximum absolute atomic E-state index is 13.0. The molecule has 2 fully saturated rings. The number of fused-ring (bicyclic) bond motifs is 1. The first-order chi connectivity index (χ1) is 17.9. The van der Waals surface area contributed by atoms with Crippen LogP contribution in [0.3, 0.4) is 0 Å². The van der Waals surface area contributed by atoms with Gasteiger partial charge in [0.25, 0.3) is 5.91 Å². The van der Waals surface area contributed by atoms with E-state index in [0.29, 0.717) is 42.2 Å². The van der Waals surface area contributed by atoms with E-state index in [9.17, 15) is 9.59 Å². The molecule has 1 atom stereocenters. The molecule has 0 bridgehead atoms. The molecule has 10 heteroatoms. The summed E-state index contributed by atoms with van der Waals surface area (Å²) in [5.41, 5.74) is 2.03. The minimum atomic E-state index is -0.104. The highest BCUT2D eigenvalue weighted by molar-refractivity contribution is 5.97. The minimum absolute atomic E-state index is 0.0686. The number of carbonyl (C=O) groups excluding carboxylic acids is 2. The van der Waals surface area contributed by atoms with E-state index in [1.165, 1.54) is 0 Å². The Hall–Kier alpha value is -3.40. The van der Waals surface area contributed by atoms with Crippen LogP contribution < -0.4 is 30.1 Å². The van der Waals surface area contributed by atoms with Crippen LogP contribution in [0.4, 0.5) is 23.1 Å². The van der Waals surface area contributed by atoms with Crippen molar-refractivity contribution in [2.45, 2.75) is 51.1 Å². The molecule has 5 rings (SSSR count). The Bertz CT molecular complexity index is 1160. The summed E-state index contributed by atoms with van der Waals surface area (Å²) in [4.78, 5) is 40.8. The Morgan fingerprint density at radius 1 is 1.24 bits per heavy atom. The van der Waals surface area contributed by atoms with Gasteiger partial charge in [-0.2, -0.15) is 4.98 Å². The first kappa shape index (κ1) is 25.3. The van der Waals surface area contributed by atoms with Crippen molar-refractivity contribution >= 4 is 35.0 Å². The summed E-state index contributed by atoms with van der Waals surface area (Å²) in [5, 5.41) is 6.54. The molecule has 2 N–H and O–H groups in total. The lowest BCUT2D eigenvalue weighted by Gasteiger charge is -2.29. The summed E-state index contributed by atoms with van der Waals surface area (Å²) < 4.78 is 5.68. The molecule has 1 saturated heterocycles. The topological polar surface area (TPSA) is 103 Å². The predicted molar refractivity (Wildman–Crippen MR) is 144 cm³/mol. The van der Waals surface area contributed by atoms with E-state index in [4.69, 9.17) is 9.72 Å². The maximum Gasteiger partial charge on any atom is 0.251 e. The highest BCUT2D eigenvalue weighted by Gasteiger charge is 2.36. The SMILES string of the molecule is COc1cc(C(=O)NC(C)C2CCNCC2)ccc1N(C)c1ncc2c(n1)N(C1CC1)CCC(=O)N2C. The summed E-state index contributed by atoms with van der Waals surface area (Å²) in [7, 11) is 5.26. The van der Waals surface area contributed by atoms with E-state index in [1.54, 1.807) is 31.3 Å². The number of rotatable bonds is 7. The number of hydrogen-bond acceptors (Lipinski definition) is 8. The van der Waals surface area contributed by atoms with Gasteiger partial charge in [0.1, 0.15) is 11.4 Å². The van der Waals surface area contributed by atoms with Crippen LogP contribution in [0.1, 0.15) is 49.4 Å². The Morgan fingerprint density at radius 2 is 2.00 bits per heavy atom. The van der Waals surface area contributed by atoms with Gasteiger partial charge in [-0.15, -0.1) is 0 Å². The van der Waals surface area contributed by atoms with E-state index in [2.05, 4.69) is 27.4 Å². The first-order valence-electron chi connectivity index (χ1n) is 13.2. The number of aromatic nitrogens is 2. The summed E-state index contributed by atoms with van der Waals surface area (Å²) >= 11 is 0. The summed E-state index contributed by atoms with van der Waals surface area (Å²) in [6, 6.07) is 5.97. The maximum atomic E-state index is 13.0. The second kappa shape index (κ2) is 10.5. The van der Waals surface area contributed by atoms with Crippen molar-refractivity contribution in [2.24, 2.45) is 5.92 Å². The molecule has 2 aromatic rings. The zero-order valence-corrected chi connectivity index (χ0v) is 22.2.